The summed E-state index contributed by atoms with van der Waals surface area (Å²) in [5.41, 5.74) is 5.35. The van der Waals surface area contributed by atoms with E-state index in [1.54, 1.807) is 0 Å². The van der Waals surface area contributed by atoms with E-state index in [0.29, 0.717) is 6.54 Å². The first-order valence-corrected chi connectivity index (χ1v) is 4.15. The minimum atomic E-state index is -1.07. The normalized spacial score (nSPS) is 41.9. The third-order valence-corrected chi connectivity index (χ3v) is 2.27. The Morgan fingerprint density at radius 1 is 1.58 bits per heavy atom. The Labute approximate surface area is 70.1 Å². The molecule has 0 saturated carbocycles. The van der Waals surface area contributed by atoms with Crippen LogP contribution in [-0.4, -0.2) is 31.6 Å². The fraction of sp³-hybridized carbons (Fsp3) is 0.857. The summed E-state index contributed by atoms with van der Waals surface area (Å²) in [6, 6.07) is 0. The van der Waals surface area contributed by atoms with Gasteiger partial charge in [-0.2, -0.15) is 0 Å². The predicted octanol–water partition coefficient (Wildman–Crippen LogP) is -0.177. The summed E-state index contributed by atoms with van der Waals surface area (Å²) < 4.78 is 13.2. The van der Waals surface area contributed by atoms with Crippen molar-refractivity contribution in [3.63, 3.8) is 0 Å². The van der Waals surface area contributed by atoms with E-state index in [1.165, 1.54) is 6.21 Å². The second-order valence-corrected chi connectivity index (χ2v) is 3.12. The Morgan fingerprint density at radius 2 is 2.50 bits per heavy atom. The van der Waals surface area contributed by atoms with E-state index in [-0.39, 0.29) is 12.0 Å². The summed E-state index contributed by atoms with van der Waals surface area (Å²) >= 11 is 0. The molecular formula is C7H12FN3O. The van der Waals surface area contributed by atoms with Crippen LogP contribution < -0.4 is 11.0 Å². The molecule has 0 spiro atoms. The second kappa shape index (κ2) is 3.47. The molecule has 0 bridgehead atoms. The van der Waals surface area contributed by atoms with E-state index in [2.05, 4.69) is 16.0 Å². The minimum absolute atomic E-state index is 0.201. The van der Waals surface area contributed by atoms with E-state index in [0.717, 1.165) is 13.0 Å². The first-order chi connectivity index (χ1) is 5.88. The first kappa shape index (κ1) is 8.10. The molecule has 0 aromatic carbocycles. The number of aliphatic imine (C=N–C) groups is 1. The van der Waals surface area contributed by atoms with Crippen LogP contribution in [0.5, 0.6) is 0 Å². The number of hydrogen-bond donors (Lipinski definition) is 2. The lowest BCUT2D eigenvalue weighted by Crippen LogP contribution is -2.42. The molecular weight excluding hydrogens is 161 g/mol. The number of nitrogens with zero attached hydrogens (tertiary/aromatic N) is 1. The molecule has 1 fully saturated rings. The number of alkyl halides is 1. The van der Waals surface area contributed by atoms with Crippen molar-refractivity contribution in [2.45, 2.75) is 18.7 Å². The summed E-state index contributed by atoms with van der Waals surface area (Å²) in [5, 5.41) is 0. The lowest BCUT2D eigenvalue weighted by molar-refractivity contribution is -0.0803. The largest absolute Gasteiger partial charge is 0.294 e. The molecule has 0 aromatic rings. The van der Waals surface area contributed by atoms with Crippen molar-refractivity contribution in [1.82, 2.24) is 11.0 Å². The van der Waals surface area contributed by atoms with Gasteiger partial charge in [-0.1, -0.05) is 0 Å². The molecule has 2 rings (SSSR count). The summed E-state index contributed by atoms with van der Waals surface area (Å²) in [6.45, 7) is 1.47. The molecule has 5 heteroatoms. The summed E-state index contributed by atoms with van der Waals surface area (Å²) in [4.78, 5) is 9.04. The van der Waals surface area contributed by atoms with Gasteiger partial charge in [0.2, 0.25) is 0 Å². The van der Waals surface area contributed by atoms with Gasteiger partial charge in [-0.05, 0) is 6.42 Å². The fourth-order valence-corrected chi connectivity index (χ4v) is 1.58. The Hall–Kier alpha value is -0.520. The van der Waals surface area contributed by atoms with Gasteiger partial charge in [0.15, 0.2) is 6.17 Å². The van der Waals surface area contributed by atoms with Crippen molar-refractivity contribution in [3.05, 3.63) is 0 Å². The van der Waals surface area contributed by atoms with Crippen molar-refractivity contribution < 1.29 is 9.23 Å². The van der Waals surface area contributed by atoms with Gasteiger partial charge >= 0.3 is 0 Å². The number of halogens is 1. The lowest BCUT2D eigenvalue weighted by atomic mass is 9.93. The number of fused-ring (bicyclic) bond motifs is 1. The molecule has 68 valence electrons. The molecule has 2 N–H and O–H groups in total. The standard InChI is InChI=1S/C7H12FN3O/c8-6-4-9-3-5-1-2-10-11-12-7(5)6/h4-7,10-11H,1-3H2. The summed E-state index contributed by atoms with van der Waals surface area (Å²) in [7, 11) is 0. The summed E-state index contributed by atoms with van der Waals surface area (Å²) in [6.07, 6.45) is 0.775. The Morgan fingerprint density at radius 3 is 3.42 bits per heavy atom. The molecule has 3 unspecified atom stereocenters. The second-order valence-electron chi connectivity index (χ2n) is 3.12. The molecule has 4 nitrogen and oxygen atoms in total. The van der Waals surface area contributed by atoms with E-state index in [4.69, 9.17) is 4.84 Å². The molecule has 2 aliphatic rings. The van der Waals surface area contributed by atoms with Crippen molar-refractivity contribution in [1.29, 1.82) is 0 Å². The van der Waals surface area contributed by atoms with Gasteiger partial charge in [0.1, 0.15) is 6.10 Å². The molecule has 0 amide bonds. The van der Waals surface area contributed by atoms with Gasteiger partial charge in [0.05, 0.1) is 0 Å². The highest BCUT2D eigenvalue weighted by molar-refractivity contribution is 5.64. The van der Waals surface area contributed by atoms with E-state index < -0.39 is 6.17 Å². The van der Waals surface area contributed by atoms with Crippen molar-refractivity contribution in [3.8, 4) is 0 Å². The monoisotopic (exact) mass is 173 g/mol. The van der Waals surface area contributed by atoms with Crippen molar-refractivity contribution in [2.75, 3.05) is 13.1 Å². The smallest absolute Gasteiger partial charge is 0.163 e. The number of hydrogen-bond acceptors (Lipinski definition) is 4. The molecule has 0 aromatic heterocycles. The molecule has 2 heterocycles. The van der Waals surface area contributed by atoms with Crippen LogP contribution in [-0.2, 0) is 4.84 Å². The molecule has 3 atom stereocenters. The van der Waals surface area contributed by atoms with Gasteiger partial charge < -0.3 is 0 Å². The third kappa shape index (κ3) is 1.48. The van der Waals surface area contributed by atoms with Crippen LogP contribution in [0.2, 0.25) is 0 Å². The Kier molecular flexibility index (Phi) is 2.34. The quantitative estimate of drug-likeness (QED) is 0.534. The predicted molar refractivity (Wildman–Crippen MR) is 42.4 cm³/mol. The number of rotatable bonds is 0. The minimum Gasteiger partial charge on any atom is -0.294 e. The van der Waals surface area contributed by atoms with Gasteiger partial charge in [0.25, 0.3) is 0 Å². The highest BCUT2D eigenvalue weighted by Crippen LogP contribution is 2.21. The van der Waals surface area contributed by atoms with Gasteiger partial charge in [-0.25, -0.2) is 9.82 Å². The van der Waals surface area contributed by atoms with Crippen LogP contribution in [0.4, 0.5) is 4.39 Å². The van der Waals surface area contributed by atoms with Crippen LogP contribution in [0.3, 0.4) is 0 Å². The van der Waals surface area contributed by atoms with Crippen molar-refractivity contribution >= 4 is 6.21 Å². The van der Waals surface area contributed by atoms with Crippen LogP contribution in [0.1, 0.15) is 6.42 Å². The average molecular weight is 173 g/mol. The first-order valence-electron chi connectivity index (χ1n) is 4.15. The van der Waals surface area contributed by atoms with Gasteiger partial charge in [-0.15, -0.1) is 5.59 Å². The maximum absolute atomic E-state index is 13.2. The highest BCUT2D eigenvalue weighted by atomic mass is 19.1. The zero-order valence-electron chi connectivity index (χ0n) is 6.66. The number of hydrazine groups is 1. The molecule has 0 radical (unpaired) electrons. The zero-order chi connectivity index (χ0) is 8.39. The van der Waals surface area contributed by atoms with Crippen LogP contribution in [0.15, 0.2) is 4.99 Å². The van der Waals surface area contributed by atoms with E-state index >= 15 is 0 Å². The van der Waals surface area contributed by atoms with E-state index in [9.17, 15) is 4.39 Å². The SMILES string of the molecule is FC1C=NCC2CCNNOC12. The Bertz CT molecular complexity index is 187. The number of nitrogens with one attached hydrogen (secondary N) is 2. The lowest BCUT2D eigenvalue weighted by Gasteiger charge is -2.26. The van der Waals surface area contributed by atoms with Gasteiger partial charge in [-0.3, -0.25) is 9.83 Å². The maximum Gasteiger partial charge on any atom is 0.163 e. The summed E-state index contributed by atoms with van der Waals surface area (Å²) in [5.74, 6) is 0.201. The zero-order valence-corrected chi connectivity index (χ0v) is 6.66. The molecule has 1 saturated heterocycles. The molecule has 2 aliphatic heterocycles. The average Bonchev–Trinajstić information content (AvgIpc) is 2.30. The van der Waals surface area contributed by atoms with Crippen LogP contribution in [0.25, 0.3) is 0 Å². The van der Waals surface area contributed by atoms with Crippen LogP contribution in [0, 0.1) is 5.92 Å². The van der Waals surface area contributed by atoms with E-state index in [1.807, 2.05) is 0 Å². The highest BCUT2D eigenvalue weighted by Gasteiger charge is 2.33. The maximum atomic E-state index is 13.2. The molecule has 0 aliphatic carbocycles. The Balaban J connectivity index is 2.07. The topological polar surface area (TPSA) is 45.7 Å². The van der Waals surface area contributed by atoms with Crippen molar-refractivity contribution in [2.24, 2.45) is 10.9 Å². The van der Waals surface area contributed by atoms with Gasteiger partial charge in [0, 0.05) is 25.2 Å². The third-order valence-electron chi connectivity index (χ3n) is 2.27. The fourth-order valence-electron chi connectivity index (χ4n) is 1.58. The van der Waals surface area contributed by atoms with Crippen LogP contribution >= 0.6 is 0 Å². The molecule has 12 heavy (non-hydrogen) atoms.